The second-order valence-electron chi connectivity index (χ2n) is 10.1. The van der Waals surface area contributed by atoms with Crippen LogP contribution in [0.15, 0.2) is 42.5 Å². The molecule has 4 atom stereocenters. The normalized spacial score (nSPS) is 23.8. The first kappa shape index (κ1) is 27.8. The van der Waals surface area contributed by atoms with Gasteiger partial charge in [0.05, 0.1) is 19.3 Å². The molecule has 0 aromatic heterocycles. The zero-order valence-electron chi connectivity index (χ0n) is 21.6. The van der Waals surface area contributed by atoms with E-state index >= 15 is 0 Å². The molecular weight excluding hydrogens is 494 g/mol. The molecule has 0 unspecified atom stereocenters. The van der Waals surface area contributed by atoms with Gasteiger partial charge in [0, 0.05) is 50.0 Å². The molecule has 2 fully saturated rings. The summed E-state index contributed by atoms with van der Waals surface area (Å²) in [5.74, 6) is 0. The topological polar surface area (TPSA) is 108 Å². The van der Waals surface area contributed by atoms with E-state index in [0.717, 1.165) is 23.1 Å². The van der Waals surface area contributed by atoms with E-state index in [2.05, 4.69) is 6.07 Å². The highest BCUT2D eigenvalue weighted by atomic mass is 35.5. The number of morpholine rings is 1. The van der Waals surface area contributed by atoms with Crippen LogP contribution in [-0.2, 0) is 15.1 Å². The third-order valence-corrected chi connectivity index (χ3v) is 7.73. The minimum atomic E-state index is -1.41. The molecule has 2 saturated heterocycles. The van der Waals surface area contributed by atoms with Crippen LogP contribution in [0.1, 0.15) is 30.4 Å². The van der Waals surface area contributed by atoms with Gasteiger partial charge in [-0.3, -0.25) is 0 Å². The molecule has 0 radical (unpaired) electrons. The number of halogens is 1. The summed E-state index contributed by atoms with van der Waals surface area (Å²) in [5, 5.41) is 23.0. The smallest absolute Gasteiger partial charge is 0.320 e. The van der Waals surface area contributed by atoms with Gasteiger partial charge < -0.3 is 35.2 Å². The Labute approximate surface area is 223 Å². The Morgan fingerprint density at radius 3 is 2.68 bits per heavy atom. The Balaban J connectivity index is 1.68. The Kier molecular flexibility index (Phi) is 9.11. The number of aliphatic hydroxyl groups is 2. The number of ether oxygens (including phenoxy) is 2. The third-order valence-electron chi connectivity index (χ3n) is 7.42. The van der Waals surface area contributed by atoms with E-state index in [1.54, 1.807) is 16.9 Å². The minimum Gasteiger partial charge on any atom is -0.390 e. The van der Waals surface area contributed by atoms with Crippen LogP contribution in [0.25, 0.3) is 11.1 Å². The zero-order chi connectivity index (χ0) is 26.6. The maximum Gasteiger partial charge on any atom is 0.320 e. The Bertz CT molecular complexity index is 1080. The van der Waals surface area contributed by atoms with Crippen molar-refractivity contribution in [3.8, 4) is 11.1 Å². The van der Waals surface area contributed by atoms with E-state index in [4.69, 9.17) is 26.8 Å². The fraction of sp³-hybridized carbons (Fsp3) is 0.536. The van der Waals surface area contributed by atoms with Crippen molar-refractivity contribution in [3.63, 3.8) is 0 Å². The van der Waals surface area contributed by atoms with Crippen molar-refractivity contribution in [3.05, 3.63) is 58.6 Å². The number of nitrogens with two attached hydrogens (primary N) is 1. The van der Waals surface area contributed by atoms with Crippen LogP contribution in [0.5, 0.6) is 0 Å². The predicted octanol–water partition coefficient (Wildman–Crippen LogP) is 3.14. The number of amides is 2. The number of aliphatic hydroxyl groups excluding tert-OH is 1. The summed E-state index contributed by atoms with van der Waals surface area (Å²) in [6, 6.07) is 12.9. The van der Waals surface area contributed by atoms with Gasteiger partial charge in [-0.1, -0.05) is 53.6 Å². The van der Waals surface area contributed by atoms with Gasteiger partial charge in [-0.15, -0.1) is 0 Å². The number of benzene rings is 2. The lowest BCUT2D eigenvalue weighted by Gasteiger charge is -2.44. The summed E-state index contributed by atoms with van der Waals surface area (Å²) in [6.45, 7) is 4.01. The van der Waals surface area contributed by atoms with Crippen molar-refractivity contribution < 1.29 is 24.5 Å². The molecule has 202 valence electrons. The molecule has 0 bridgehead atoms. The predicted molar refractivity (Wildman–Crippen MR) is 144 cm³/mol. The maximum atomic E-state index is 13.3. The maximum absolute atomic E-state index is 13.3. The van der Waals surface area contributed by atoms with Gasteiger partial charge in [0.15, 0.2) is 0 Å². The molecule has 2 aliphatic heterocycles. The summed E-state index contributed by atoms with van der Waals surface area (Å²) in [6.07, 6.45) is 0.483. The molecule has 2 amide bonds. The molecule has 2 aliphatic rings. The summed E-state index contributed by atoms with van der Waals surface area (Å²) < 4.78 is 11.4. The van der Waals surface area contributed by atoms with Crippen molar-refractivity contribution in [2.24, 2.45) is 5.73 Å². The second-order valence-corrected chi connectivity index (χ2v) is 10.5. The summed E-state index contributed by atoms with van der Waals surface area (Å²) in [5.41, 5.74) is 7.98. The fourth-order valence-corrected chi connectivity index (χ4v) is 5.65. The van der Waals surface area contributed by atoms with Crippen LogP contribution < -0.4 is 5.73 Å². The molecule has 0 spiro atoms. The number of rotatable bonds is 8. The third kappa shape index (κ3) is 6.11. The van der Waals surface area contributed by atoms with Crippen LogP contribution in [-0.4, -0.2) is 90.8 Å². The molecule has 4 rings (SSSR count). The van der Waals surface area contributed by atoms with Gasteiger partial charge in [-0.05, 0) is 43.4 Å². The molecular formula is C28H38ClN3O5. The van der Waals surface area contributed by atoms with Crippen molar-refractivity contribution in [1.82, 2.24) is 9.80 Å². The van der Waals surface area contributed by atoms with Crippen LogP contribution >= 0.6 is 11.6 Å². The van der Waals surface area contributed by atoms with Gasteiger partial charge in [-0.2, -0.15) is 0 Å². The molecule has 2 aromatic rings. The Morgan fingerprint density at radius 1 is 1.19 bits per heavy atom. The number of carbonyl (C=O) groups is 1. The fourth-order valence-electron chi connectivity index (χ4n) is 5.37. The first-order chi connectivity index (χ1) is 17.7. The number of nitrogens with zero attached hydrogens (tertiary/aromatic N) is 2. The summed E-state index contributed by atoms with van der Waals surface area (Å²) in [7, 11) is 1.66. The number of carbonyl (C=O) groups excluding carboxylic acids is 1. The lowest BCUT2D eigenvalue weighted by Crippen LogP contribution is -2.57. The monoisotopic (exact) mass is 531 g/mol. The van der Waals surface area contributed by atoms with E-state index < -0.39 is 23.9 Å². The van der Waals surface area contributed by atoms with Crippen molar-refractivity contribution in [1.29, 1.82) is 0 Å². The quantitative estimate of drug-likeness (QED) is 0.452. The first-order valence-corrected chi connectivity index (χ1v) is 13.3. The van der Waals surface area contributed by atoms with Crippen LogP contribution in [0.4, 0.5) is 4.79 Å². The molecule has 8 nitrogen and oxygen atoms in total. The molecule has 37 heavy (non-hydrogen) atoms. The molecule has 4 N–H and O–H groups in total. The molecule has 2 aromatic carbocycles. The van der Waals surface area contributed by atoms with Gasteiger partial charge in [-0.25, -0.2) is 4.79 Å². The standard InChI is InChI=1S/C28H38ClN3O5/c1-19-7-5-8-20(15-19)26-21(9-6-10-22(26)29)28(35,11-3-4-13-36-2)25-18-31(12-14-37-25)27(34)32-16-23(30)24(33)17-32/h5-10,15,23-25,33,35H,3-4,11-14,16-18,30H2,1-2H3/t23-,24+,25+,28+/m1/s1. The molecule has 2 heterocycles. The highest BCUT2D eigenvalue weighted by molar-refractivity contribution is 6.33. The van der Waals surface area contributed by atoms with Gasteiger partial charge in [0.2, 0.25) is 0 Å². The Morgan fingerprint density at radius 2 is 1.97 bits per heavy atom. The number of hydrogen-bond acceptors (Lipinski definition) is 6. The summed E-state index contributed by atoms with van der Waals surface area (Å²) >= 11 is 6.76. The summed E-state index contributed by atoms with van der Waals surface area (Å²) in [4.78, 5) is 16.6. The number of methoxy groups -OCH3 is 1. The second kappa shape index (κ2) is 12.1. The van der Waals surface area contributed by atoms with E-state index in [9.17, 15) is 15.0 Å². The number of likely N-dealkylation sites (tertiary alicyclic amines) is 1. The highest BCUT2D eigenvalue weighted by Gasteiger charge is 2.45. The number of aryl methyl sites for hydroxylation is 1. The zero-order valence-corrected chi connectivity index (χ0v) is 22.4. The average Bonchev–Trinajstić information content (AvgIpc) is 3.23. The largest absolute Gasteiger partial charge is 0.390 e. The Hall–Kier alpha value is -2.20. The van der Waals surface area contributed by atoms with Gasteiger partial charge >= 0.3 is 6.03 Å². The van der Waals surface area contributed by atoms with E-state index in [1.807, 2.05) is 43.3 Å². The molecule has 0 saturated carbocycles. The first-order valence-electron chi connectivity index (χ1n) is 12.9. The average molecular weight is 532 g/mol. The number of urea groups is 1. The SMILES string of the molecule is COCCCC[C@](O)(c1cccc(Cl)c1-c1cccc(C)c1)[C@@H]1CN(C(=O)N2C[C@@H](N)[C@@H](O)C2)CCO1. The van der Waals surface area contributed by atoms with Crippen LogP contribution in [0.2, 0.25) is 5.02 Å². The number of unbranched alkanes of at least 4 members (excludes halogenated alkanes) is 1. The van der Waals surface area contributed by atoms with Gasteiger partial charge in [0.25, 0.3) is 0 Å². The van der Waals surface area contributed by atoms with E-state index in [1.165, 1.54) is 0 Å². The van der Waals surface area contributed by atoms with E-state index in [-0.39, 0.29) is 19.1 Å². The number of β-amino-alcohol motifs (C(OH)–C–C–N with tert-alkyl or cyclic N) is 1. The van der Waals surface area contributed by atoms with Crippen LogP contribution in [0, 0.1) is 6.92 Å². The van der Waals surface area contributed by atoms with Crippen molar-refractivity contribution in [2.75, 3.05) is 46.5 Å². The number of hydrogen-bond donors (Lipinski definition) is 3. The van der Waals surface area contributed by atoms with Crippen LogP contribution in [0.3, 0.4) is 0 Å². The van der Waals surface area contributed by atoms with Gasteiger partial charge in [0.1, 0.15) is 11.7 Å². The van der Waals surface area contributed by atoms with Crippen molar-refractivity contribution in [2.45, 2.75) is 50.0 Å². The van der Waals surface area contributed by atoms with Crippen molar-refractivity contribution >= 4 is 17.6 Å². The van der Waals surface area contributed by atoms with E-state index in [0.29, 0.717) is 49.7 Å². The molecule has 9 heteroatoms. The minimum absolute atomic E-state index is 0.202. The lowest BCUT2D eigenvalue weighted by atomic mass is 9.79. The highest BCUT2D eigenvalue weighted by Crippen LogP contribution is 2.43. The molecule has 0 aliphatic carbocycles. The lowest BCUT2D eigenvalue weighted by molar-refractivity contribution is -0.147.